The van der Waals surface area contributed by atoms with Gasteiger partial charge in [0, 0.05) is 43.8 Å². The van der Waals surface area contributed by atoms with E-state index >= 15 is 0 Å². The largest absolute Gasteiger partial charge is 0.508 e. The van der Waals surface area contributed by atoms with Gasteiger partial charge < -0.3 is 19.6 Å². The zero-order valence-corrected chi connectivity index (χ0v) is 24.1. The number of aromatic hydroxyl groups is 1. The summed E-state index contributed by atoms with van der Waals surface area (Å²) in [6.07, 6.45) is 2.04. The van der Waals surface area contributed by atoms with E-state index in [4.69, 9.17) is 27.9 Å². The van der Waals surface area contributed by atoms with Gasteiger partial charge in [0.05, 0.1) is 16.5 Å². The first-order valence-electron chi connectivity index (χ1n) is 13.4. The Kier molecular flexibility index (Phi) is 8.96. The predicted molar refractivity (Wildman–Crippen MR) is 151 cm³/mol. The molecule has 1 unspecified atom stereocenters. The van der Waals surface area contributed by atoms with Crippen LogP contribution in [-0.2, 0) is 26.2 Å². The lowest BCUT2D eigenvalue weighted by Gasteiger charge is -2.56. The smallest absolute Gasteiger partial charge is 0.302 e. The number of hydrogen-bond donors (Lipinski definition) is 1. The quantitative estimate of drug-likeness (QED) is 0.439. The molecule has 0 spiro atoms. The van der Waals surface area contributed by atoms with Crippen LogP contribution in [0.4, 0.5) is 0 Å². The maximum Gasteiger partial charge on any atom is 0.302 e. The minimum absolute atomic E-state index is 0.0149. The number of benzene rings is 2. The van der Waals surface area contributed by atoms with Gasteiger partial charge in [0.25, 0.3) is 0 Å². The van der Waals surface area contributed by atoms with Crippen molar-refractivity contribution in [2.75, 3.05) is 26.7 Å². The van der Waals surface area contributed by atoms with Crippen LogP contribution in [0, 0.1) is 11.8 Å². The third kappa shape index (κ3) is 6.30. The molecule has 1 aliphatic heterocycles. The van der Waals surface area contributed by atoms with Crippen molar-refractivity contribution in [1.82, 2.24) is 9.80 Å². The predicted octanol–water partition coefficient (Wildman–Crippen LogP) is 5.71. The van der Waals surface area contributed by atoms with E-state index in [2.05, 4.69) is 31.9 Å². The molecule has 2 aromatic rings. The molecule has 2 aliphatic rings. The fraction of sp³-hybridized carbons (Fsp3) is 0.533. The molecule has 38 heavy (non-hydrogen) atoms. The summed E-state index contributed by atoms with van der Waals surface area (Å²) >= 11 is 12.3. The molecule has 0 aromatic heterocycles. The Bertz CT molecular complexity index is 1170. The summed E-state index contributed by atoms with van der Waals surface area (Å²) in [5.74, 6) is 0.226. The number of fused-ring (bicyclic) bond motifs is 1. The molecule has 1 N–H and O–H groups in total. The number of carbonyl (C=O) groups excluding carboxylic acids is 2. The van der Waals surface area contributed by atoms with E-state index in [0.29, 0.717) is 23.0 Å². The second-order valence-corrected chi connectivity index (χ2v) is 12.2. The van der Waals surface area contributed by atoms with Crippen molar-refractivity contribution >= 4 is 35.1 Å². The van der Waals surface area contributed by atoms with Crippen LogP contribution in [0.25, 0.3) is 0 Å². The van der Waals surface area contributed by atoms with Gasteiger partial charge in [0.15, 0.2) is 0 Å². The topological polar surface area (TPSA) is 70.1 Å². The highest BCUT2D eigenvalue weighted by atomic mass is 35.5. The fourth-order valence-corrected chi connectivity index (χ4v) is 6.81. The first-order chi connectivity index (χ1) is 18.0. The van der Waals surface area contributed by atoms with Crippen molar-refractivity contribution in [2.24, 2.45) is 11.8 Å². The highest BCUT2D eigenvalue weighted by Crippen LogP contribution is 2.51. The molecular weight excluding hydrogens is 523 g/mol. The van der Waals surface area contributed by atoms with Gasteiger partial charge in [-0.1, -0.05) is 55.2 Å². The number of hydrogen-bond acceptors (Lipinski definition) is 5. The monoisotopic (exact) mass is 560 g/mol. The number of esters is 1. The van der Waals surface area contributed by atoms with Gasteiger partial charge in [-0.3, -0.25) is 9.59 Å². The Balaban J connectivity index is 1.74. The number of phenols is 1. The molecule has 1 saturated heterocycles. The van der Waals surface area contributed by atoms with Crippen molar-refractivity contribution in [3.8, 4) is 5.75 Å². The van der Waals surface area contributed by atoms with E-state index in [-0.39, 0.29) is 53.4 Å². The molecule has 4 atom stereocenters. The van der Waals surface area contributed by atoms with Crippen LogP contribution < -0.4 is 0 Å². The Morgan fingerprint density at radius 2 is 1.95 bits per heavy atom. The number of rotatable bonds is 7. The van der Waals surface area contributed by atoms with Crippen molar-refractivity contribution in [3.63, 3.8) is 0 Å². The third-order valence-electron chi connectivity index (χ3n) is 8.11. The molecule has 1 heterocycles. The number of nitrogens with zero attached hydrogens (tertiary/aromatic N) is 2. The van der Waals surface area contributed by atoms with E-state index in [1.165, 1.54) is 6.92 Å². The number of likely N-dealkylation sites (tertiary alicyclic amines) is 1. The SMILES string of the molecule is CC(=O)OC1C[C@H](N(CC(C)C)C(=O)Cc2ccc(Cl)c(Cl)c2)C[C@]2(c3cccc(O)c3)CCN(C)C[C@@H]12. The van der Waals surface area contributed by atoms with Gasteiger partial charge in [0.2, 0.25) is 5.91 Å². The second-order valence-electron chi connectivity index (χ2n) is 11.4. The standard InChI is InChI=1S/C30H38Cl2N2O4/c1-19(2)17-34(29(37)13-21-8-9-26(31)27(32)12-21)23-15-28(38-20(3)35)25-18-33(4)11-10-30(25,16-23)22-6-5-7-24(36)14-22/h5-9,12,14,19,23,25,28,36H,10-11,13,15-18H2,1-4H3/t23-,25-,28?,30-/m0/s1. The van der Waals surface area contributed by atoms with Gasteiger partial charge >= 0.3 is 5.97 Å². The molecule has 1 saturated carbocycles. The summed E-state index contributed by atoms with van der Waals surface area (Å²) in [5, 5.41) is 11.3. The number of ether oxygens (including phenoxy) is 1. The van der Waals surface area contributed by atoms with Crippen molar-refractivity contribution < 1.29 is 19.4 Å². The molecule has 2 fully saturated rings. The van der Waals surface area contributed by atoms with Crippen molar-refractivity contribution in [1.29, 1.82) is 0 Å². The van der Waals surface area contributed by atoms with Crippen molar-refractivity contribution in [3.05, 3.63) is 63.6 Å². The summed E-state index contributed by atoms with van der Waals surface area (Å²) in [5.41, 5.74) is 1.51. The van der Waals surface area contributed by atoms with Gasteiger partial charge in [0.1, 0.15) is 11.9 Å². The van der Waals surface area contributed by atoms with E-state index in [1.807, 2.05) is 23.1 Å². The van der Waals surface area contributed by atoms with E-state index in [1.54, 1.807) is 18.2 Å². The van der Waals surface area contributed by atoms with E-state index in [0.717, 1.165) is 37.1 Å². The zero-order valence-electron chi connectivity index (χ0n) is 22.6. The average molecular weight is 562 g/mol. The molecule has 0 bridgehead atoms. The molecule has 6 nitrogen and oxygen atoms in total. The van der Waals surface area contributed by atoms with Gasteiger partial charge in [-0.25, -0.2) is 0 Å². The van der Waals surface area contributed by atoms with Gasteiger partial charge in [-0.2, -0.15) is 0 Å². The van der Waals surface area contributed by atoms with Crippen LogP contribution in [0.5, 0.6) is 5.75 Å². The maximum atomic E-state index is 13.9. The molecule has 8 heteroatoms. The third-order valence-corrected chi connectivity index (χ3v) is 8.85. The highest BCUT2D eigenvalue weighted by molar-refractivity contribution is 6.42. The Morgan fingerprint density at radius 3 is 2.61 bits per heavy atom. The number of amides is 1. The minimum Gasteiger partial charge on any atom is -0.508 e. The zero-order chi connectivity index (χ0) is 27.6. The van der Waals surface area contributed by atoms with Crippen LogP contribution in [0.1, 0.15) is 51.2 Å². The molecule has 2 aromatic carbocycles. The first-order valence-corrected chi connectivity index (χ1v) is 14.1. The Labute approximate surface area is 235 Å². The number of halogens is 2. The summed E-state index contributed by atoms with van der Waals surface area (Å²) in [6, 6.07) is 12.6. The Morgan fingerprint density at radius 1 is 1.18 bits per heavy atom. The molecule has 0 radical (unpaired) electrons. The van der Waals surface area contributed by atoms with Crippen LogP contribution in [-0.4, -0.2) is 65.6 Å². The van der Waals surface area contributed by atoms with E-state index < -0.39 is 0 Å². The number of phenolic OH excluding ortho intramolecular Hbond substituents is 1. The molecule has 4 rings (SSSR count). The molecule has 206 valence electrons. The van der Waals surface area contributed by atoms with Crippen LogP contribution in [0.3, 0.4) is 0 Å². The fourth-order valence-electron chi connectivity index (χ4n) is 6.49. The van der Waals surface area contributed by atoms with Crippen LogP contribution >= 0.6 is 23.2 Å². The van der Waals surface area contributed by atoms with Gasteiger partial charge in [-0.05, 0) is 67.7 Å². The summed E-state index contributed by atoms with van der Waals surface area (Å²) in [7, 11) is 2.09. The molecule has 1 amide bonds. The van der Waals surface area contributed by atoms with E-state index in [9.17, 15) is 14.7 Å². The van der Waals surface area contributed by atoms with Crippen molar-refractivity contribution in [2.45, 2.75) is 64.0 Å². The van der Waals surface area contributed by atoms with Gasteiger partial charge in [-0.15, -0.1) is 0 Å². The first kappa shape index (κ1) is 28.7. The number of carbonyl (C=O) groups is 2. The highest BCUT2D eigenvalue weighted by Gasteiger charge is 2.54. The summed E-state index contributed by atoms with van der Waals surface area (Å²) in [6.45, 7) is 7.92. The summed E-state index contributed by atoms with van der Waals surface area (Å²) in [4.78, 5) is 30.4. The van der Waals surface area contributed by atoms with Crippen LogP contribution in [0.15, 0.2) is 42.5 Å². The maximum absolute atomic E-state index is 13.9. The molecular formula is C30H38Cl2N2O4. The average Bonchev–Trinajstić information content (AvgIpc) is 2.84. The lowest BCUT2D eigenvalue weighted by Crippen LogP contribution is -2.62. The summed E-state index contributed by atoms with van der Waals surface area (Å²) < 4.78 is 6.00. The van der Waals surface area contributed by atoms with Crippen LogP contribution in [0.2, 0.25) is 10.0 Å². The normalized spacial score (nSPS) is 25.6. The lowest BCUT2D eigenvalue weighted by molar-refractivity contribution is -0.160. The second kappa shape index (κ2) is 11.8. The molecule has 1 aliphatic carbocycles. The lowest BCUT2D eigenvalue weighted by atomic mass is 9.56. The Hall–Kier alpha value is -2.28. The number of piperidine rings is 1. The minimum atomic E-state index is -0.344.